The number of nitrogens with zero attached hydrogens (tertiary/aromatic N) is 1. The summed E-state index contributed by atoms with van der Waals surface area (Å²) in [4.78, 5) is 2.45. The molecule has 2 saturated heterocycles. The van der Waals surface area contributed by atoms with Gasteiger partial charge in [0.25, 0.3) is 0 Å². The third-order valence-electron chi connectivity index (χ3n) is 3.80. The zero-order valence-electron chi connectivity index (χ0n) is 10.4. The number of rotatable bonds is 4. The monoisotopic (exact) mass is 227 g/mol. The van der Waals surface area contributed by atoms with Gasteiger partial charge in [0.2, 0.25) is 0 Å². The molecule has 1 atom stereocenters. The lowest BCUT2D eigenvalue weighted by atomic mass is 10.0. The molecule has 2 N–H and O–H groups in total. The van der Waals surface area contributed by atoms with E-state index in [9.17, 15) is 0 Å². The number of nitrogens with one attached hydrogen (secondary N) is 2. The maximum Gasteiger partial charge on any atom is 0.0469 e. The fraction of sp³-hybridized carbons (Fsp3) is 1.00. The summed E-state index contributed by atoms with van der Waals surface area (Å²) >= 11 is 0. The van der Waals surface area contributed by atoms with Crippen LogP contribution in [0.5, 0.6) is 0 Å². The van der Waals surface area contributed by atoms with Crippen molar-refractivity contribution in [2.75, 3.05) is 53.0 Å². The Bertz CT molecular complexity index is 195. The molecule has 0 aromatic rings. The molecule has 0 bridgehead atoms. The molecule has 2 rings (SSSR count). The summed E-state index contributed by atoms with van der Waals surface area (Å²) in [5.74, 6) is 0.829. The van der Waals surface area contributed by atoms with E-state index in [-0.39, 0.29) is 0 Å². The van der Waals surface area contributed by atoms with Crippen LogP contribution >= 0.6 is 0 Å². The minimum absolute atomic E-state index is 0.661. The van der Waals surface area contributed by atoms with E-state index in [1.807, 2.05) is 0 Å². The van der Waals surface area contributed by atoms with E-state index in [2.05, 4.69) is 22.6 Å². The van der Waals surface area contributed by atoms with Crippen LogP contribution in [0.3, 0.4) is 0 Å². The van der Waals surface area contributed by atoms with Gasteiger partial charge in [-0.2, -0.15) is 0 Å². The van der Waals surface area contributed by atoms with E-state index in [0.717, 1.165) is 45.3 Å². The molecule has 4 heteroatoms. The lowest BCUT2D eigenvalue weighted by molar-refractivity contribution is 0.0655. The van der Waals surface area contributed by atoms with Crippen molar-refractivity contribution in [3.63, 3.8) is 0 Å². The van der Waals surface area contributed by atoms with Crippen molar-refractivity contribution in [1.82, 2.24) is 15.5 Å². The van der Waals surface area contributed by atoms with Crippen LogP contribution in [0.25, 0.3) is 0 Å². The molecule has 0 aromatic heterocycles. The zero-order chi connectivity index (χ0) is 11.2. The maximum atomic E-state index is 5.37. The third-order valence-corrected chi connectivity index (χ3v) is 3.80. The second kappa shape index (κ2) is 6.55. The normalized spacial score (nSPS) is 29.4. The molecule has 2 aliphatic heterocycles. The van der Waals surface area contributed by atoms with Crippen LogP contribution in [0.4, 0.5) is 0 Å². The van der Waals surface area contributed by atoms with E-state index in [1.54, 1.807) is 0 Å². The molecule has 0 radical (unpaired) electrons. The Labute approximate surface area is 98.7 Å². The van der Waals surface area contributed by atoms with Gasteiger partial charge in [-0.05, 0) is 32.4 Å². The molecule has 0 aromatic carbocycles. The molecule has 4 nitrogen and oxygen atoms in total. The number of ether oxygens (including phenoxy) is 1. The molecular formula is C12H25N3O. The van der Waals surface area contributed by atoms with Crippen molar-refractivity contribution < 1.29 is 4.74 Å². The minimum atomic E-state index is 0.661. The number of hydrogen-bond donors (Lipinski definition) is 2. The summed E-state index contributed by atoms with van der Waals surface area (Å²) in [6.07, 6.45) is 2.46. The molecule has 0 amide bonds. The van der Waals surface area contributed by atoms with Crippen LogP contribution in [-0.4, -0.2) is 63.9 Å². The summed E-state index contributed by atoms with van der Waals surface area (Å²) < 4.78 is 5.37. The van der Waals surface area contributed by atoms with Gasteiger partial charge in [-0.1, -0.05) is 0 Å². The fourth-order valence-electron chi connectivity index (χ4n) is 2.50. The molecule has 0 spiro atoms. The second-order valence-corrected chi connectivity index (χ2v) is 5.05. The van der Waals surface area contributed by atoms with Crippen molar-refractivity contribution >= 4 is 0 Å². The van der Waals surface area contributed by atoms with Crippen molar-refractivity contribution in [3.05, 3.63) is 0 Å². The highest BCUT2D eigenvalue weighted by Gasteiger charge is 2.19. The van der Waals surface area contributed by atoms with Crippen molar-refractivity contribution in [1.29, 1.82) is 0 Å². The maximum absolute atomic E-state index is 5.37. The highest BCUT2D eigenvalue weighted by Crippen LogP contribution is 2.13. The molecule has 16 heavy (non-hydrogen) atoms. The highest BCUT2D eigenvalue weighted by atomic mass is 16.5. The van der Waals surface area contributed by atoms with Gasteiger partial charge in [0.05, 0.1) is 0 Å². The van der Waals surface area contributed by atoms with Crippen molar-refractivity contribution in [3.8, 4) is 0 Å². The first kappa shape index (κ1) is 12.3. The van der Waals surface area contributed by atoms with Crippen LogP contribution in [0, 0.1) is 5.92 Å². The summed E-state index contributed by atoms with van der Waals surface area (Å²) in [6.45, 7) is 7.61. The summed E-state index contributed by atoms with van der Waals surface area (Å²) in [5, 5.41) is 7.07. The zero-order valence-corrected chi connectivity index (χ0v) is 10.4. The lowest BCUT2D eigenvalue weighted by Crippen LogP contribution is -2.53. The van der Waals surface area contributed by atoms with Crippen LogP contribution in [0.1, 0.15) is 12.8 Å². The van der Waals surface area contributed by atoms with Gasteiger partial charge < -0.3 is 15.4 Å². The molecule has 2 fully saturated rings. The van der Waals surface area contributed by atoms with Gasteiger partial charge in [0.1, 0.15) is 0 Å². The standard InChI is InChI=1S/C12H25N3O/c1-15-5-4-13-9-12(15)10-14-8-11-2-6-16-7-3-11/h11-14H,2-10H2,1H3. The van der Waals surface area contributed by atoms with Gasteiger partial charge >= 0.3 is 0 Å². The fourth-order valence-corrected chi connectivity index (χ4v) is 2.50. The third kappa shape index (κ3) is 3.70. The smallest absolute Gasteiger partial charge is 0.0469 e. The Hall–Kier alpha value is -0.160. The molecule has 0 saturated carbocycles. The van der Waals surface area contributed by atoms with Crippen molar-refractivity contribution in [2.24, 2.45) is 5.92 Å². The van der Waals surface area contributed by atoms with Gasteiger partial charge in [0, 0.05) is 45.4 Å². The van der Waals surface area contributed by atoms with Gasteiger partial charge in [-0.15, -0.1) is 0 Å². The van der Waals surface area contributed by atoms with Crippen molar-refractivity contribution in [2.45, 2.75) is 18.9 Å². The van der Waals surface area contributed by atoms with Crippen LogP contribution in [0.15, 0.2) is 0 Å². The highest BCUT2D eigenvalue weighted by molar-refractivity contribution is 4.79. The molecule has 2 aliphatic rings. The predicted octanol–water partition coefficient (Wildman–Crippen LogP) is -0.0938. The van der Waals surface area contributed by atoms with Crippen LogP contribution in [-0.2, 0) is 4.74 Å². The van der Waals surface area contributed by atoms with E-state index in [0.29, 0.717) is 6.04 Å². The van der Waals surface area contributed by atoms with Gasteiger partial charge in [-0.3, -0.25) is 4.90 Å². The lowest BCUT2D eigenvalue weighted by Gasteiger charge is -2.33. The Balaban J connectivity index is 1.59. The molecule has 94 valence electrons. The first-order valence-electron chi connectivity index (χ1n) is 6.55. The SMILES string of the molecule is CN1CCNCC1CNCC1CCOCC1. The summed E-state index contributed by atoms with van der Waals surface area (Å²) in [5.41, 5.74) is 0. The van der Waals surface area contributed by atoms with Gasteiger partial charge in [0.15, 0.2) is 0 Å². The average Bonchev–Trinajstić information content (AvgIpc) is 2.33. The quantitative estimate of drug-likeness (QED) is 0.703. The van der Waals surface area contributed by atoms with E-state index < -0.39 is 0 Å². The summed E-state index contributed by atoms with van der Waals surface area (Å²) in [6, 6.07) is 0.661. The average molecular weight is 227 g/mol. The molecule has 2 heterocycles. The Kier molecular flexibility index (Phi) is 5.03. The second-order valence-electron chi connectivity index (χ2n) is 5.05. The number of likely N-dealkylation sites (N-methyl/N-ethyl adjacent to an activating group) is 1. The largest absolute Gasteiger partial charge is 0.381 e. The predicted molar refractivity (Wildman–Crippen MR) is 65.7 cm³/mol. The molecule has 0 aliphatic carbocycles. The van der Waals surface area contributed by atoms with E-state index in [4.69, 9.17) is 4.74 Å². The molecule has 1 unspecified atom stereocenters. The number of piperazine rings is 1. The van der Waals surface area contributed by atoms with Gasteiger partial charge in [-0.25, -0.2) is 0 Å². The first-order valence-corrected chi connectivity index (χ1v) is 6.55. The Morgan fingerprint density at radius 1 is 1.31 bits per heavy atom. The molecular weight excluding hydrogens is 202 g/mol. The first-order chi connectivity index (χ1) is 7.86. The van der Waals surface area contributed by atoms with E-state index in [1.165, 1.54) is 19.4 Å². The summed E-state index contributed by atoms with van der Waals surface area (Å²) in [7, 11) is 2.22. The van der Waals surface area contributed by atoms with E-state index >= 15 is 0 Å². The topological polar surface area (TPSA) is 36.5 Å². The minimum Gasteiger partial charge on any atom is -0.381 e. The Morgan fingerprint density at radius 3 is 2.88 bits per heavy atom. The van der Waals surface area contributed by atoms with Crippen LogP contribution in [0.2, 0.25) is 0 Å². The van der Waals surface area contributed by atoms with Crippen LogP contribution < -0.4 is 10.6 Å². The number of hydrogen-bond acceptors (Lipinski definition) is 4. The Morgan fingerprint density at radius 2 is 2.12 bits per heavy atom.